The maximum absolute atomic E-state index is 12.9. The fraction of sp³-hybridized carbons (Fsp3) is 0.250. The number of likely N-dealkylation sites (N-methyl/N-ethyl adjacent to an activating group) is 1. The van der Waals surface area contributed by atoms with Gasteiger partial charge >= 0.3 is 0 Å². The summed E-state index contributed by atoms with van der Waals surface area (Å²) in [5.41, 5.74) is 1.13. The van der Waals surface area contributed by atoms with Crippen LogP contribution in [-0.4, -0.2) is 25.5 Å². The molecule has 0 saturated heterocycles. The van der Waals surface area contributed by atoms with E-state index in [0.717, 1.165) is 0 Å². The summed E-state index contributed by atoms with van der Waals surface area (Å²) in [4.78, 5) is 1.94. The van der Waals surface area contributed by atoms with Crippen molar-refractivity contribution in [3.63, 3.8) is 0 Å². The zero-order valence-corrected chi connectivity index (χ0v) is 8.87. The Morgan fingerprint density at radius 2 is 2.27 bits per heavy atom. The second-order valence-electron chi connectivity index (χ2n) is 3.50. The number of nitrogens with zero attached hydrogens (tertiary/aromatic N) is 2. The van der Waals surface area contributed by atoms with E-state index in [4.69, 9.17) is 5.26 Å². The van der Waals surface area contributed by atoms with E-state index in [0.29, 0.717) is 17.7 Å². The summed E-state index contributed by atoms with van der Waals surface area (Å²) in [6.45, 7) is 0.666. The summed E-state index contributed by atoms with van der Waals surface area (Å²) < 4.78 is 12.9. The summed E-state index contributed by atoms with van der Waals surface area (Å²) in [5, 5.41) is 8.92. The first-order chi connectivity index (χ1) is 7.13. The molecule has 1 aromatic rings. The highest BCUT2D eigenvalue weighted by molar-refractivity contribution is 5.76. The molecule has 0 N–H and O–H groups in total. The van der Waals surface area contributed by atoms with Gasteiger partial charge in [-0.1, -0.05) is 18.2 Å². The molecule has 2 nitrogen and oxygen atoms in total. The van der Waals surface area contributed by atoms with Crippen LogP contribution in [0, 0.1) is 17.1 Å². The molecular formula is C12H13FN2. The van der Waals surface area contributed by atoms with Crippen LogP contribution in [0.1, 0.15) is 5.56 Å². The van der Waals surface area contributed by atoms with Crippen LogP contribution in [0.25, 0.3) is 5.57 Å². The molecule has 0 aliphatic carbocycles. The van der Waals surface area contributed by atoms with E-state index in [1.165, 1.54) is 12.1 Å². The van der Waals surface area contributed by atoms with Crippen molar-refractivity contribution in [3.8, 4) is 6.07 Å². The lowest BCUT2D eigenvalue weighted by Gasteiger charge is -2.05. The van der Waals surface area contributed by atoms with Crippen molar-refractivity contribution in [3.05, 3.63) is 41.7 Å². The van der Waals surface area contributed by atoms with Gasteiger partial charge in [-0.25, -0.2) is 4.39 Å². The minimum absolute atomic E-state index is 0.321. The van der Waals surface area contributed by atoms with Gasteiger partial charge in [-0.2, -0.15) is 5.26 Å². The Morgan fingerprint density at radius 1 is 1.53 bits per heavy atom. The molecule has 0 spiro atoms. The minimum Gasteiger partial charge on any atom is -0.306 e. The molecule has 78 valence electrons. The number of halogens is 1. The van der Waals surface area contributed by atoms with Gasteiger partial charge in [-0.3, -0.25) is 0 Å². The van der Waals surface area contributed by atoms with E-state index in [-0.39, 0.29) is 5.82 Å². The quantitative estimate of drug-likeness (QED) is 0.706. The van der Waals surface area contributed by atoms with E-state index in [1.54, 1.807) is 18.2 Å². The third-order valence-corrected chi connectivity index (χ3v) is 1.92. The van der Waals surface area contributed by atoms with Gasteiger partial charge in [0, 0.05) is 6.54 Å². The number of allylic oxidation sites excluding steroid dienone is 1. The van der Waals surface area contributed by atoms with Crippen molar-refractivity contribution in [2.24, 2.45) is 0 Å². The van der Waals surface area contributed by atoms with Crippen LogP contribution < -0.4 is 0 Å². The highest BCUT2D eigenvalue weighted by Crippen LogP contribution is 2.14. The van der Waals surface area contributed by atoms with E-state index >= 15 is 0 Å². The zero-order valence-electron chi connectivity index (χ0n) is 8.87. The largest absolute Gasteiger partial charge is 0.306 e. The first kappa shape index (κ1) is 11.4. The smallest absolute Gasteiger partial charge is 0.123 e. The average molecular weight is 204 g/mol. The van der Waals surface area contributed by atoms with Gasteiger partial charge in [0.05, 0.1) is 11.6 Å². The van der Waals surface area contributed by atoms with Crippen LogP contribution in [-0.2, 0) is 0 Å². The molecule has 0 fully saturated rings. The number of hydrogen-bond donors (Lipinski definition) is 0. The Morgan fingerprint density at radius 3 is 2.80 bits per heavy atom. The monoisotopic (exact) mass is 204 g/mol. The summed E-state index contributed by atoms with van der Waals surface area (Å²) in [5.74, 6) is -0.321. The van der Waals surface area contributed by atoms with Crippen molar-refractivity contribution < 1.29 is 4.39 Å². The van der Waals surface area contributed by atoms with Crippen LogP contribution in [0.5, 0.6) is 0 Å². The Balaban J connectivity index is 2.94. The Kier molecular flexibility index (Phi) is 4.02. The maximum Gasteiger partial charge on any atom is 0.123 e. The molecule has 15 heavy (non-hydrogen) atoms. The topological polar surface area (TPSA) is 27.0 Å². The van der Waals surface area contributed by atoms with Crippen molar-refractivity contribution in [2.75, 3.05) is 20.6 Å². The standard InChI is InChI=1S/C12H13FN2/c1-15(2)7-6-11(9-14)10-4-3-5-12(13)8-10/h3-6,8H,7H2,1-2H3/b11-6+. The molecule has 1 aromatic carbocycles. The van der Waals surface area contributed by atoms with Crippen LogP contribution in [0.4, 0.5) is 4.39 Å². The average Bonchev–Trinajstić information content (AvgIpc) is 2.18. The fourth-order valence-corrected chi connectivity index (χ4v) is 1.16. The Labute approximate surface area is 89.2 Å². The van der Waals surface area contributed by atoms with Crippen molar-refractivity contribution in [2.45, 2.75) is 0 Å². The molecule has 0 saturated carbocycles. The summed E-state index contributed by atoms with van der Waals surface area (Å²) in [6.07, 6.45) is 1.79. The summed E-state index contributed by atoms with van der Waals surface area (Å²) >= 11 is 0. The first-order valence-electron chi connectivity index (χ1n) is 4.64. The minimum atomic E-state index is -0.321. The lowest BCUT2D eigenvalue weighted by atomic mass is 10.1. The van der Waals surface area contributed by atoms with Crippen LogP contribution in [0.2, 0.25) is 0 Å². The SMILES string of the molecule is CN(C)C/C=C(\C#N)c1cccc(F)c1. The Hall–Kier alpha value is -1.66. The second-order valence-corrected chi connectivity index (χ2v) is 3.50. The van der Waals surface area contributed by atoms with Crippen LogP contribution in [0.15, 0.2) is 30.3 Å². The molecule has 0 atom stereocenters. The van der Waals surface area contributed by atoms with Gasteiger partial charge in [-0.05, 0) is 31.8 Å². The highest BCUT2D eigenvalue weighted by Gasteiger charge is 2.01. The molecule has 1 rings (SSSR count). The van der Waals surface area contributed by atoms with Gasteiger partial charge in [0.2, 0.25) is 0 Å². The molecular weight excluding hydrogens is 191 g/mol. The zero-order chi connectivity index (χ0) is 11.3. The van der Waals surface area contributed by atoms with Gasteiger partial charge in [0.25, 0.3) is 0 Å². The van der Waals surface area contributed by atoms with Crippen LogP contribution >= 0.6 is 0 Å². The molecule has 0 aromatic heterocycles. The number of hydrogen-bond acceptors (Lipinski definition) is 2. The van der Waals surface area contributed by atoms with Crippen molar-refractivity contribution in [1.82, 2.24) is 4.90 Å². The normalized spacial score (nSPS) is 11.5. The summed E-state index contributed by atoms with van der Waals surface area (Å²) in [6, 6.07) is 8.13. The fourth-order valence-electron chi connectivity index (χ4n) is 1.16. The number of benzene rings is 1. The molecule has 3 heteroatoms. The van der Waals surface area contributed by atoms with E-state index < -0.39 is 0 Å². The predicted molar refractivity (Wildman–Crippen MR) is 58.5 cm³/mol. The Bertz CT molecular complexity index is 402. The molecule has 0 unspecified atom stereocenters. The lowest BCUT2D eigenvalue weighted by molar-refractivity contribution is 0.457. The third kappa shape index (κ3) is 3.53. The van der Waals surface area contributed by atoms with Crippen molar-refractivity contribution >= 4 is 5.57 Å². The lowest BCUT2D eigenvalue weighted by Crippen LogP contribution is -2.10. The van der Waals surface area contributed by atoms with Gasteiger partial charge in [-0.15, -0.1) is 0 Å². The molecule has 0 aliphatic rings. The molecule has 0 amide bonds. The molecule has 0 radical (unpaired) electrons. The second kappa shape index (κ2) is 5.28. The number of rotatable bonds is 3. The third-order valence-electron chi connectivity index (χ3n) is 1.92. The summed E-state index contributed by atoms with van der Waals surface area (Å²) in [7, 11) is 3.83. The van der Waals surface area contributed by atoms with E-state index in [2.05, 4.69) is 6.07 Å². The van der Waals surface area contributed by atoms with Crippen molar-refractivity contribution in [1.29, 1.82) is 5.26 Å². The predicted octanol–water partition coefficient (Wildman–Crippen LogP) is 2.29. The number of nitriles is 1. The molecule has 0 bridgehead atoms. The molecule has 0 aliphatic heterocycles. The highest BCUT2D eigenvalue weighted by atomic mass is 19.1. The maximum atomic E-state index is 12.9. The van der Waals surface area contributed by atoms with Gasteiger partial charge in [0.1, 0.15) is 5.82 Å². The van der Waals surface area contributed by atoms with Crippen LogP contribution in [0.3, 0.4) is 0 Å². The molecule has 0 heterocycles. The van der Waals surface area contributed by atoms with Gasteiger partial charge in [0.15, 0.2) is 0 Å². The van der Waals surface area contributed by atoms with E-state index in [1.807, 2.05) is 19.0 Å². The van der Waals surface area contributed by atoms with E-state index in [9.17, 15) is 4.39 Å². The first-order valence-corrected chi connectivity index (χ1v) is 4.64. The van der Waals surface area contributed by atoms with Gasteiger partial charge < -0.3 is 4.90 Å².